The molecule has 0 unspecified atom stereocenters. The van der Waals surface area contributed by atoms with Crippen molar-refractivity contribution in [2.45, 2.75) is 349 Å². The molecule has 1 N–H and O–H groups in total. The quantitative estimate of drug-likeness (QED) is 0.109. The van der Waals surface area contributed by atoms with Gasteiger partial charge in [-0.15, -0.1) is 21.5 Å². The number of hydrogen-bond acceptors (Lipinski definition) is 19. The molecule has 0 radical (unpaired) electrons. The minimum absolute atomic E-state index is 0.0665. The van der Waals surface area contributed by atoms with Gasteiger partial charge in [-0.1, -0.05) is 295 Å². The fourth-order valence-corrected chi connectivity index (χ4v) is 12.8. The molecule has 0 saturated heterocycles. The first-order chi connectivity index (χ1) is 61.7. The van der Waals surface area contributed by atoms with Gasteiger partial charge in [-0.25, -0.2) is 29.5 Å². The number of benzene rings is 1. The molecule has 14 rings (SSSR count). The number of hydrogen-bond donors (Lipinski definition) is 1. The molecule has 0 atom stereocenters. The number of aryl methyl sites for hydroxylation is 5. The minimum Gasteiger partial charge on any atom is -0.618 e. The largest absolute Gasteiger partial charge is 0.618 e. The number of nitrogens with one attached hydrogen (secondary N) is 1. The van der Waals surface area contributed by atoms with Gasteiger partial charge in [0.2, 0.25) is 0 Å². The fourth-order valence-electron chi connectivity index (χ4n) is 12.0. The first-order valence-corrected chi connectivity index (χ1v) is 47.5. The summed E-state index contributed by atoms with van der Waals surface area (Å²) in [6, 6.07) is 33.9. The van der Waals surface area contributed by atoms with Crippen molar-refractivity contribution in [2.75, 3.05) is 13.6 Å². The molecule has 1 aliphatic rings. The van der Waals surface area contributed by atoms with Crippen LogP contribution in [0.25, 0.3) is 10.9 Å². The maximum absolute atomic E-state index is 11.2. The Morgan fingerprint density at radius 2 is 0.956 bits per heavy atom. The van der Waals surface area contributed by atoms with Crippen LogP contribution < -0.4 is 4.73 Å². The van der Waals surface area contributed by atoms with Crippen LogP contribution in [0.2, 0.25) is 0 Å². The number of nitrogens with zero attached hydrogens (tertiary/aromatic N) is 22. The summed E-state index contributed by atoms with van der Waals surface area (Å²) in [6.07, 6.45) is 28.7. The van der Waals surface area contributed by atoms with Gasteiger partial charge in [0.15, 0.2) is 18.4 Å². The maximum Gasteiger partial charge on any atom is 0.297 e. The van der Waals surface area contributed by atoms with Crippen molar-refractivity contribution in [2.24, 2.45) is 31.6 Å². The summed E-state index contributed by atoms with van der Waals surface area (Å²) in [7, 11) is 7.84. The van der Waals surface area contributed by atoms with Gasteiger partial charge in [-0.3, -0.25) is 44.1 Å². The summed E-state index contributed by atoms with van der Waals surface area (Å²) in [5.74, 6) is 2.09. The van der Waals surface area contributed by atoms with Crippen LogP contribution in [0.1, 0.15) is 349 Å². The van der Waals surface area contributed by atoms with E-state index in [0.29, 0.717) is 0 Å². The maximum atomic E-state index is 11.2. The van der Waals surface area contributed by atoms with Gasteiger partial charge in [-0.05, 0) is 112 Å². The normalized spacial score (nSPS) is 12.3. The number of para-hydroxylation sites is 1. The summed E-state index contributed by atoms with van der Waals surface area (Å²) in [4.78, 5) is 45.8. The molecule has 135 heavy (non-hydrogen) atoms. The second-order valence-electron chi connectivity index (χ2n) is 46.8. The zero-order valence-corrected chi connectivity index (χ0v) is 92.3. The van der Waals surface area contributed by atoms with E-state index in [1.54, 1.807) is 82.7 Å². The molecule has 24 nitrogen and oxygen atoms in total. The van der Waals surface area contributed by atoms with Crippen LogP contribution in [0.3, 0.4) is 0 Å². The molecule has 12 aromatic heterocycles. The molecule has 0 aliphatic carbocycles. The third kappa shape index (κ3) is 46.3. The summed E-state index contributed by atoms with van der Waals surface area (Å²) in [5, 5.41) is 42.5. The number of H-pyrrole nitrogens is 1. The Balaban J connectivity index is 0.000000495. The van der Waals surface area contributed by atoms with Crippen LogP contribution in [0, 0.1) is 24.5 Å². The standard InChI is InChI=1S/C12H16N2.2C10H15N.C9H13NO.C9H13N.C8H15N2.3C8H12N2.2C7H13N3.C7H12N2.C7H11NS/c1-12(2,3)11-9-7-5-6-8-10(9)14(4)13-11;1-8-5-6-11-7-9(8)10(2,3)4;1-8-6-5-7-9(11-8)10(2,3)4;1-9(2,3)8-6-4-5-7-10(8)11;1-9(2,3)8-6-4-5-7-10-8;1-8(2,3)7-9-5-6-10(7)4;1-8(2,3)7-6-9-4-5-10-7;1-8(2,3)7-4-5-9-6-10-7;1-8(2,3)7-9-5-4-6-10-7;1-7(2,3)6-5-10(4)9-8-6;1-7(2,3)6-5-8-9-10(6)4;1-7(2,3)6-4-5-8-9-6;1-7(2,3)6-8-4-5-9-6/h5-8H,1-4H3;2*5-7H,1-4H3;4-7H,1-3H3;4-7H,1-3H3;6H,5H2,1-4H3;3*4-6H,1-3H3;2*5H,1-4H3;4-5H,1-3H3,(H,8,9);4-5H,1-3H3/q;;;;;+1;;;;;;;. The average molecular weight is 1860 g/mol. The van der Waals surface area contributed by atoms with Crippen LogP contribution in [0.15, 0.2) is 207 Å². The van der Waals surface area contributed by atoms with Gasteiger partial charge >= 0.3 is 0 Å². The molecule has 0 fully saturated rings. The number of rotatable bonds is 0. The highest BCUT2D eigenvalue weighted by Crippen LogP contribution is 2.31. The number of fused-ring (bicyclic) bond motifs is 1. The van der Waals surface area contributed by atoms with E-state index in [-0.39, 0.29) is 70.4 Å². The molecule has 0 bridgehead atoms. The van der Waals surface area contributed by atoms with Gasteiger partial charge in [0.25, 0.3) is 5.84 Å². The highest BCUT2D eigenvalue weighted by molar-refractivity contribution is 7.09. The van der Waals surface area contributed by atoms with E-state index in [1.165, 1.54) is 50.5 Å². The second-order valence-corrected chi connectivity index (χ2v) is 47.7. The number of pyridine rings is 4. The number of amidine groups is 1. The number of aromatic nitrogens is 21. The van der Waals surface area contributed by atoms with Crippen molar-refractivity contribution in [3.05, 3.63) is 286 Å². The lowest BCUT2D eigenvalue weighted by Gasteiger charge is -2.20. The van der Waals surface area contributed by atoms with Crippen LogP contribution in [-0.2, 0) is 86.1 Å². The van der Waals surface area contributed by atoms with Crippen molar-refractivity contribution in [1.29, 1.82) is 0 Å². The number of aromatic amines is 1. The molecule has 0 spiro atoms. The molecule has 0 saturated carbocycles. The lowest BCUT2D eigenvalue weighted by molar-refractivity contribution is -0.617. The lowest BCUT2D eigenvalue weighted by atomic mass is 9.86. The third-order valence-corrected chi connectivity index (χ3v) is 21.0. The van der Waals surface area contributed by atoms with Crippen molar-refractivity contribution in [3.63, 3.8) is 0 Å². The highest BCUT2D eigenvalue weighted by Gasteiger charge is 2.31. The minimum atomic E-state index is -0.0665. The zero-order valence-electron chi connectivity index (χ0n) is 91.5. The van der Waals surface area contributed by atoms with Gasteiger partial charge < -0.3 is 5.21 Å². The first-order valence-electron chi connectivity index (χ1n) is 46.6. The molecule has 13 aromatic rings. The number of thiazole rings is 1. The first kappa shape index (κ1) is 120. The molecular formula is C110H172N23OS+. The molecular weight excluding hydrogens is 1690 g/mol. The molecule has 0 amide bonds. The van der Waals surface area contributed by atoms with Gasteiger partial charge in [-0.2, -0.15) is 14.9 Å². The van der Waals surface area contributed by atoms with Crippen molar-refractivity contribution in [1.82, 2.24) is 99.8 Å². The number of aliphatic imine (C=N–C) groups is 1. The lowest BCUT2D eigenvalue weighted by Crippen LogP contribution is -2.37. The van der Waals surface area contributed by atoms with Crippen LogP contribution in [0.5, 0.6) is 0 Å². The van der Waals surface area contributed by atoms with Crippen molar-refractivity contribution < 1.29 is 9.31 Å². The van der Waals surface area contributed by atoms with Gasteiger partial charge in [0.05, 0.1) is 52.0 Å². The average Bonchev–Trinajstić information content (AvgIpc) is 1.63. The Bertz CT molecular complexity index is 5210. The van der Waals surface area contributed by atoms with Crippen molar-refractivity contribution >= 4 is 34.3 Å². The molecule has 25 heteroatoms. The van der Waals surface area contributed by atoms with E-state index < -0.39 is 0 Å². The smallest absolute Gasteiger partial charge is 0.297 e. The SMILES string of the molecule is CC(C)(C)c1cccc[n+]1[O-].CC(C)(C)c1ccccn1.CC(C)(C)c1ccn[nH]1.CC(C)(C)c1ccncn1.CC(C)(C)c1cnccn1.CC(C)(C)c1ncccn1.CC(C)(C)c1nccs1.C[N+]1=CCN=C1C(C)(C)C.Cc1cccc(C(C)(C)C)n1.Cc1ccncc1C(C)(C)C.Cn1cc(C(C)(C)C)nn1.Cn1nc(C(C)(C)C)c2ccccc21.Cn1nncc1C(C)(C)C. The Hall–Kier alpha value is -11.2. The predicted octanol–water partition coefficient (Wildman–Crippen LogP) is 25.1. The van der Waals surface area contributed by atoms with E-state index >= 15 is 0 Å². The van der Waals surface area contributed by atoms with E-state index in [0.717, 1.165) is 62.7 Å². The summed E-state index contributed by atoms with van der Waals surface area (Å²) >= 11 is 1.72. The Labute approximate surface area is 818 Å². The summed E-state index contributed by atoms with van der Waals surface area (Å²) < 4.78 is 8.51. The van der Waals surface area contributed by atoms with E-state index in [4.69, 9.17) is 0 Å². The summed E-state index contributed by atoms with van der Waals surface area (Å²) in [6.45, 7) is 88.7. The Morgan fingerprint density at radius 3 is 1.27 bits per heavy atom. The van der Waals surface area contributed by atoms with Crippen molar-refractivity contribution in [3.8, 4) is 0 Å². The van der Waals surface area contributed by atoms with Crippen LogP contribution in [0.4, 0.5) is 0 Å². The second kappa shape index (κ2) is 52.2. The fraction of sp³-hybridized carbons (Fsp3) is 0.536. The zero-order chi connectivity index (χ0) is 103. The monoisotopic (exact) mass is 1860 g/mol. The molecule has 1 aromatic carbocycles. The summed E-state index contributed by atoms with van der Waals surface area (Å²) in [5.41, 5.74) is 16.6. The van der Waals surface area contributed by atoms with E-state index in [2.05, 4.69) is 413 Å². The molecule has 13 heterocycles. The highest BCUT2D eigenvalue weighted by atomic mass is 32.1. The predicted molar refractivity (Wildman–Crippen MR) is 566 cm³/mol. The van der Waals surface area contributed by atoms with Gasteiger partial charge in [0.1, 0.15) is 18.4 Å². The van der Waals surface area contributed by atoms with Crippen LogP contribution >= 0.6 is 11.3 Å². The molecule has 1 aliphatic heterocycles. The third-order valence-electron chi connectivity index (χ3n) is 19.8. The van der Waals surface area contributed by atoms with E-state index in [1.807, 2.05) is 138 Å². The Kier molecular flexibility index (Phi) is 46.3. The Morgan fingerprint density at radius 1 is 0.407 bits per heavy atom. The van der Waals surface area contributed by atoms with E-state index in [9.17, 15) is 5.21 Å². The molecule has 738 valence electrons. The van der Waals surface area contributed by atoms with Gasteiger partial charge in [0, 0.05) is 206 Å². The topological polar surface area (TPSA) is 279 Å². The van der Waals surface area contributed by atoms with Crippen LogP contribution in [-0.4, -0.2) is 130 Å².